The maximum absolute atomic E-state index is 12.8. The van der Waals surface area contributed by atoms with Gasteiger partial charge in [0.2, 0.25) is 0 Å². The maximum atomic E-state index is 12.8. The lowest BCUT2D eigenvalue weighted by Gasteiger charge is -2.21. The van der Waals surface area contributed by atoms with Crippen molar-refractivity contribution in [1.82, 2.24) is 0 Å². The standard InChI is InChI=1S/C10H15F/c1-7-4-5-8(2)10(6-7)9(3)11/h7H,3-6H2,1-2H3. The number of rotatable bonds is 1. The molecule has 11 heavy (non-hydrogen) atoms. The van der Waals surface area contributed by atoms with E-state index >= 15 is 0 Å². The second kappa shape index (κ2) is 3.21. The molecule has 0 saturated heterocycles. The fraction of sp³-hybridized carbons (Fsp3) is 0.600. The highest BCUT2D eigenvalue weighted by Crippen LogP contribution is 2.32. The van der Waals surface area contributed by atoms with E-state index < -0.39 is 0 Å². The molecule has 62 valence electrons. The van der Waals surface area contributed by atoms with Gasteiger partial charge < -0.3 is 0 Å². The molecule has 1 aliphatic rings. The molecule has 1 aliphatic carbocycles. The Kier molecular flexibility index (Phi) is 2.48. The molecule has 1 rings (SSSR count). The minimum Gasteiger partial charge on any atom is -0.207 e. The van der Waals surface area contributed by atoms with Gasteiger partial charge in [-0.25, -0.2) is 4.39 Å². The molecule has 1 atom stereocenters. The summed E-state index contributed by atoms with van der Waals surface area (Å²) >= 11 is 0. The van der Waals surface area contributed by atoms with E-state index in [0.717, 1.165) is 18.4 Å². The largest absolute Gasteiger partial charge is 0.207 e. The molecule has 0 nitrogen and oxygen atoms in total. The molecule has 0 spiro atoms. The third kappa shape index (κ3) is 1.92. The molecule has 0 N–H and O–H groups in total. The zero-order valence-corrected chi connectivity index (χ0v) is 7.28. The Hall–Kier alpha value is -0.590. The van der Waals surface area contributed by atoms with Crippen molar-refractivity contribution in [3.8, 4) is 0 Å². The summed E-state index contributed by atoms with van der Waals surface area (Å²) in [4.78, 5) is 0. The van der Waals surface area contributed by atoms with E-state index in [-0.39, 0.29) is 5.83 Å². The smallest absolute Gasteiger partial charge is 0.119 e. The molecule has 1 heteroatoms. The van der Waals surface area contributed by atoms with Crippen LogP contribution in [0.1, 0.15) is 33.1 Å². The average Bonchev–Trinajstić information content (AvgIpc) is 1.94. The van der Waals surface area contributed by atoms with Crippen LogP contribution in [-0.2, 0) is 0 Å². The van der Waals surface area contributed by atoms with Gasteiger partial charge in [0, 0.05) is 0 Å². The summed E-state index contributed by atoms with van der Waals surface area (Å²) in [6.45, 7) is 7.51. The maximum Gasteiger partial charge on any atom is 0.119 e. The van der Waals surface area contributed by atoms with Gasteiger partial charge in [0.05, 0.1) is 0 Å². The van der Waals surface area contributed by atoms with Crippen molar-refractivity contribution < 1.29 is 4.39 Å². The van der Waals surface area contributed by atoms with Crippen molar-refractivity contribution >= 4 is 0 Å². The summed E-state index contributed by atoms with van der Waals surface area (Å²) in [5.74, 6) is 0.398. The van der Waals surface area contributed by atoms with Crippen LogP contribution >= 0.6 is 0 Å². The quantitative estimate of drug-likeness (QED) is 0.541. The minimum absolute atomic E-state index is 0.228. The molecule has 0 saturated carbocycles. The van der Waals surface area contributed by atoms with E-state index in [1.54, 1.807) is 0 Å². The van der Waals surface area contributed by atoms with Gasteiger partial charge in [0.25, 0.3) is 0 Å². The summed E-state index contributed by atoms with van der Waals surface area (Å²) in [5.41, 5.74) is 2.05. The first-order valence-electron chi connectivity index (χ1n) is 4.14. The van der Waals surface area contributed by atoms with Crippen LogP contribution in [0, 0.1) is 5.92 Å². The molecule has 0 amide bonds. The molecule has 0 aliphatic heterocycles. The Labute approximate surface area is 67.8 Å². The first-order valence-corrected chi connectivity index (χ1v) is 4.14. The van der Waals surface area contributed by atoms with Crippen LogP contribution in [0.25, 0.3) is 0 Å². The lowest BCUT2D eigenvalue weighted by molar-refractivity contribution is 0.481. The molecule has 0 heterocycles. The van der Waals surface area contributed by atoms with Crippen molar-refractivity contribution in [3.05, 3.63) is 23.6 Å². The Morgan fingerprint density at radius 1 is 1.64 bits per heavy atom. The molecule has 0 aromatic rings. The van der Waals surface area contributed by atoms with Crippen LogP contribution in [-0.4, -0.2) is 0 Å². The van der Waals surface area contributed by atoms with Crippen molar-refractivity contribution in [3.63, 3.8) is 0 Å². The first kappa shape index (κ1) is 8.51. The first-order chi connectivity index (χ1) is 5.11. The van der Waals surface area contributed by atoms with Crippen molar-refractivity contribution in [2.75, 3.05) is 0 Å². The lowest BCUT2D eigenvalue weighted by Crippen LogP contribution is -2.06. The summed E-state index contributed by atoms with van der Waals surface area (Å²) in [6, 6.07) is 0. The average molecular weight is 154 g/mol. The molecule has 0 aromatic carbocycles. The SMILES string of the molecule is C=C(F)C1=C(C)CCC(C)C1. The highest BCUT2D eigenvalue weighted by atomic mass is 19.1. The van der Waals surface area contributed by atoms with Crippen molar-refractivity contribution in [2.24, 2.45) is 5.92 Å². The Balaban J connectivity index is 2.80. The topological polar surface area (TPSA) is 0 Å². The second-order valence-electron chi connectivity index (χ2n) is 3.51. The molecule has 1 unspecified atom stereocenters. The van der Waals surface area contributed by atoms with Crippen LogP contribution in [0.15, 0.2) is 23.6 Å². The van der Waals surface area contributed by atoms with Crippen LogP contribution < -0.4 is 0 Å². The molecule has 0 radical (unpaired) electrons. The van der Waals surface area contributed by atoms with Crippen LogP contribution in [0.3, 0.4) is 0 Å². The lowest BCUT2D eigenvalue weighted by atomic mass is 9.85. The van der Waals surface area contributed by atoms with Gasteiger partial charge in [-0.15, -0.1) is 0 Å². The van der Waals surface area contributed by atoms with E-state index in [1.165, 1.54) is 12.0 Å². The van der Waals surface area contributed by atoms with Gasteiger partial charge >= 0.3 is 0 Å². The normalized spacial score (nSPS) is 25.5. The Morgan fingerprint density at radius 3 is 2.73 bits per heavy atom. The Morgan fingerprint density at radius 2 is 2.27 bits per heavy atom. The monoisotopic (exact) mass is 154 g/mol. The zero-order chi connectivity index (χ0) is 8.43. The van der Waals surface area contributed by atoms with E-state index in [4.69, 9.17) is 0 Å². The van der Waals surface area contributed by atoms with Gasteiger partial charge in [0.1, 0.15) is 5.83 Å². The molecular weight excluding hydrogens is 139 g/mol. The third-order valence-corrected chi connectivity index (χ3v) is 2.41. The molecule has 0 fully saturated rings. The van der Waals surface area contributed by atoms with E-state index in [2.05, 4.69) is 13.5 Å². The van der Waals surface area contributed by atoms with Gasteiger partial charge in [0.15, 0.2) is 0 Å². The molecule has 0 aromatic heterocycles. The predicted octanol–water partition coefficient (Wildman–Crippen LogP) is 3.61. The van der Waals surface area contributed by atoms with Crippen molar-refractivity contribution in [1.29, 1.82) is 0 Å². The third-order valence-electron chi connectivity index (χ3n) is 2.41. The molecular formula is C10H15F. The molecule has 0 bridgehead atoms. The van der Waals surface area contributed by atoms with Crippen LogP contribution in [0.2, 0.25) is 0 Å². The summed E-state index contributed by atoms with van der Waals surface area (Å²) in [5, 5.41) is 0. The highest BCUT2D eigenvalue weighted by molar-refractivity contribution is 5.29. The highest BCUT2D eigenvalue weighted by Gasteiger charge is 2.16. The van der Waals surface area contributed by atoms with Crippen molar-refractivity contribution in [2.45, 2.75) is 33.1 Å². The minimum atomic E-state index is -0.228. The zero-order valence-electron chi connectivity index (χ0n) is 7.28. The van der Waals surface area contributed by atoms with Gasteiger partial charge in [-0.3, -0.25) is 0 Å². The van der Waals surface area contributed by atoms with E-state index in [1.807, 2.05) is 6.92 Å². The fourth-order valence-electron chi connectivity index (χ4n) is 1.58. The summed E-state index contributed by atoms with van der Waals surface area (Å²) in [6.07, 6.45) is 3.11. The van der Waals surface area contributed by atoms with Gasteiger partial charge in [-0.1, -0.05) is 19.1 Å². The predicted molar refractivity (Wildman–Crippen MR) is 46.0 cm³/mol. The van der Waals surface area contributed by atoms with E-state index in [0.29, 0.717) is 5.92 Å². The second-order valence-corrected chi connectivity index (χ2v) is 3.51. The summed E-state index contributed by atoms with van der Waals surface area (Å²) in [7, 11) is 0. The number of hydrogen-bond donors (Lipinski definition) is 0. The van der Waals surface area contributed by atoms with Gasteiger partial charge in [-0.05, 0) is 37.7 Å². The number of allylic oxidation sites excluding steroid dienone is 3. The fourth-order valence-corrected chi connectivity index (χ4v) is 1.58. The summed E-state index contributed by atoms with van der Waals surface area (Å²) < 4.78 is 12.8. The van der Waals surface area contributed by atoms with Gasteiger partial charge in [-0.2, -0.15) is 0 Å². The van der Waals surface area contributed by atoms with Crippen LogP contribution in [0.5, 0.6) is 0 Å². The number of hydrogen-bond acceptors (Lipinski definition) is 0. The number of halogens is 1. The van der Waals surface area contributed by atoms with Crippen LogP contribution in [0.4, 0.5) is 4.39 Å². The Bertz CT molecular complexity index is 201. The van der Waals surface area contributed by atoms with E-state index in [9.17, 15) is 4.39 Å².